The van der Waals surface area contributed by atoms with Crippen molar-refractivity contribution in [2.75, 3.05) is 11.9 Å². The molecule has 0 aliphatic heterocycles. The van der Waals surface area contributed by atoms with E-state index in [0.29, 0.717) is 15.6 Å². The third kappa shape index (κ3) is 4.61. The maximum Gasteiger partial charge on any atom is 0.348 e. The number of hydrogen-bond donors (Lipinski definition) is 1. The van der Waals surface area contributed by atoms with Gasteiger partial charge < -0.3 is 10.1 Å². The first kappa shape index (κ1) is 18.0. The van der Waals surface area contributed by atoms with Gasteiger partial charge in [-0.05, 0) is 61.9 Å². The summed E-state index contributed by atoms with van der Waals surface area (Å²) >= 11 is 7.43. The van der Waals surface area contributed by atoms with Crippen molar-refractivity contribution < 1.29 is 14.3 Å². The molecule has 1 aliphatic rings. The minimum Gasteiger partial charge on any atom is -0.451 e. The van der Waals surface area contributed by atoms with Crippen LogP contribution in [0.2, 0.25) is 5.02 Å². The monoisotopic (exact) mass is 377 g/mol. The maximum atomic E-state index is 12.2. The van der Waals surface area contributed by atoms with Crippen LogP contribution in [-0.2, 0) is 22.4 Å². The van der Waals surface area contributed by atoms with Crippen molar-refractivity contribution >= 4 is 40.5 Å². The molecule has 0 fully saturated rings. The fourth-order valence-electron chi connectivity index (χ4n) is 2.89. The van der Waals surface area contributed by atoms with E-state index >= 15 is 0 Å². The summed E-state index contributed by atoms with van der Waals surface area (Å²) in [5.74, 6) is -0.812. The number of benzene rings is 1. The summed E-state index contributed by atoms with van der Waals surface area (Å²) in [7, 11) is 0. The Morgan fingerprint density at radius 3 is 2.84 bits per heavy atom. The van der Waals surface area contributed by atoms with Gasteiger partial charge in [-0.15, -0.1) is 11.3 Å². The Balaban J connectivity index is 1.57. The fourth-order valence-corrected chi connectivity index (χ4v) is 4.20. The molecular formula is C19H20ClNO3S. The Morgan fingerprint density at radius 2 is 2.00 bits per heavy atom. The zero-order valence-corrected chi connectivity index (χ0v) is 15.6. The van der Waals surface area contributed by atoms with E-state index in [1.165, 1.54) is 41.0 Å². The molecule has 1 aliphatic carbocycles. The Bertz CT molecular complexity index is 776. The van der Waals surface area contributed by atoms with Crippen molar-refractivity contribution in [2.45, 2.75) is 39.0 Å². The molecular weight excluding hydrogens is 358 g/mol. The number of aryl methyl sites for hydroxylation is 3. The number of anilines is 1. The Hall–Kier alpha value is -1.85. The van der Waals surface area contributed by atoms with Crippen LogP contribution in [0.3, 0.4) is 0 Å². The molecule has 1 aromatic carbocycles. The molecule has 0 spiro atoms. The number of carbonyl (C=O) groups is 2. The van der Waals surface area contributed by atoms with Crippen LogP contribution in [-0.4, -0.2) is 18.5 Å². The van der Waals surface area contributed by atoms with Gasteiger partial charge in [0.05, 0.1) is 0 Å². The quantitative estimate of drug-likeness (QED) is 0.616. The first-order chi connectivity index (χ1) is 12.0. The predicted octanol–water partition coefficient (Wildman–Crippen LogP) is 4.77. The molecule has 2 aromatic rings. The SMILES string of the molecule is Cc1ccc(Cl)cc1NC(=O)COC(=O)c1cc2c(s1)CCCCC2. The van der Waals surface area contributed by atoms with Gasteiger partial charge in [0.15, 0.2) is 6.61 Å². The second-order valence-corrected chi connectivity index (χ2v) is 7.78. The molecule has 0 unspecified atom stereocenters. The molecule has 1 amide bonds. The van der Waals surface area contributed by atoms with E-state index in [9.17, 15) is 9.59 Å². The average molecular weight is 378 g/mol. The molecule has 132 valence electrons. The predicted molar refractivity (Wildman–Crippen MR) is 101 cm³/mol. The van der Waals surface area contributed by atoms with E-state index in [1.807, 2.05) is 19.1 Å². The largest absolute Gasteiger partial charge is 0.451 e. The molecule has 25 heavy (non-hydrogen) atoms. The van der Waals surface area contributed by atoms with Crippen LogP contribution in [0.25, 0.3) is 0 Å². The highest BCUT2D eigenvalue weighted by Gasteiger charge is 2.18. The van der Waals surface area contributed by atoms with Crippen LogP contribution >= 0.6 is 22.9 Å². The van der Waals surface area contributed by atoms with E-state index < -0.39 is 5.97 Å². The molecule has 1 aromatic heterocycles. The van der Waals surface area contributed by atoms with Crippen LogP contribution in [0.15, 0.2) is 24.3 Å². The van der Waals surface area contributed by atoms with Gasteiger partial charge in [-0.25, -0.2) is 4.79 Å². The van der Waals surface area contributed by atoms with Crippen molar-refractivity contribution in [3.8, 4) is 0 Å². The number of esters is 1. The molecule has 0 atom stereocenters. The lowest BCUT2D eigenvalue weighted by Crippen LogP contribution is -2.21. The minimum absolute atomic E-state index is 0.312. The number of nitrogens with one attached hydrogen (secondary N) is 1. The Morgan fingerprint density at radius 1 is 1.20 bits per heavy atom. The van der Waals surface area contributed by atoms with Crippen molar-refractivity contribution in [3.63, 3.8) is 0 Å². The van der Waals surface area contributed by atoms with Crippen LogP contribution in [0, 0.1) is 6.92 Å². The van der Waals surface area contributed by atoms with Gasteiger partial charge in [0.25, 0.3) is 5.91 Å². The number of fused-ring (bicyclic) bond motifs is 1. The second kappa shape index (κ2) is 8.02. The average Bonchev–Trinajstić information content (AvgIpc) is 2.87. The molecule has 1 heterocycles. The summed E-state index contributed by atoms with van der Waals surface area (Å²) in [6.45, 7) is 1.56. The van der Waals surface area contributed by atoms with E-state index in [2.05, 4.69) is 5.32 Å². The number of amides is 1. The first-order valence-electron chi connectivity index (χ1n) is 8.37. The second-order valence-electron chi connectivity index (χ2n) is 6.20. The highest BCUT2D eigenvalue weighted by atomic mass is 35.5. The lowest BCUT2D eigenvalue weighted by Gasteiger charge is -2.09. The van der Waals surface area contributed by atoms with Crippen molar-refractivity contribution in [1.82, 2.24) is 0 Å². The van der Waals surface area contributed by atoms with Crippen molar-refractivity contribution in [1.29, 1.82) is 0 Å². The van der Waals surface area contributed by atoms with Gasteiger partial charge in [-0.3, -0.25) is 4.79 Å². The molecule has 4 nitrogen and oxygen atoms in total. The maximum absolute atomic E-state index is 12.2. The summed E-state index contributed by atoms with van der Waals surface area (Å²) in [5, 5.41) is 3.26. The molecule has 0 saturated carbocycles. The highest BCUT2D eigenvalue weighted by Crippen LogP contribution is 2.29. The van der Waals surface area contributed by atoms with E-state index in [-0.39, 0.29) is 12.5 Å². The van der Waals surface area contributed by atoms with Gasteiger partial charge >= 0.3 is 5.97 Å². The third-order valence-corrected chi connectivity index (χ3v) is 5.71. The smallest absolute Gasteiger partial charge is 0.348 e. The zero-order valence-electron chi connectivity index (χ0n) is 14.1. The lowest BCUT2D eigenvalue weighted by atomic mass is 10.1. The van der Waals surface area contributed by atoms with Crippen LogP contribution < -0.4 is 5.32 Å². The van der Waals surface area contributed by atoms with Crippen LogP contribution in [0.1, 0.15) is 44.9 Å². The van der Waals surface area contributed by atoms with Gasteiger partial charge in [0, 0.05) is 15.6 Å². The number of rotatable bonds is 4. The van der Waals surface area contributed by atoms with Gasteiger partial charge in [0.2, 0.25) is 0 Å². The number of halogens is 1. The summed E-state index contributed by atoms with van der Waals surface area (Å²) in [5.41, 5.74) is 2.77. The fraction of sp³-hybridized carbons (Fsp3) is 0.368. The van der Waals surface area contributed by atoms with Crippen molar-refractivity contribution in [3.05, 3.63) is 50.2 Å². The topological polar surface area (TPSA) is 55.4 Å². The van der Waals surface area contributed by atoms with Crippen molar-refractivity contribution in [2.24, 2.45) is 0 Å². The lowest BCUT2D eigenvalue weighted by molar-refractivity contribution is -0.119. The summed E-state index contributed by atoms with van der Waals surface area (Å²) in [4.78, 5) is 26.1. The Labute approximate surface area is 156 Å². The third-order valence-electron chi connectivity index (χ3n) is 4.26. The summed E-state index contributed by atoms with van der Waals surface area (Å²) < 4.78 is 5.17. The van der Waals surface area contributed by atoms with Crippen LogP contribution in [0.4, 0.5) is 5.69 Å². The van der Waals surface area contributed by atoms with Gasteiger partial charge in [0.1, 0.15) is 4.88 Å². The summed E-state index contributed by atoms with van der Waals surface area (Å²) in [6, 6.07) is 7.18. The van der Waals surface area contributed by atoms with Gasteiger partial charge in [-0.1, -0.05) is 24.1 Å². The molecule has 0 bridgehead atoms. The van der Waals surface area contributed by atoms with E-state index in [4.69, 9.17) is 16.3 Å². The molecule has 6 heteroatoms. The highest BCUT2D eigenvalue weighted by molar-refractivity contribution is 7.14. The van der Waals surface area contributed by atoms with Gasteiger partial charge in [-0.2, -0.15) is 0 Å². The number of thiophene rings is 1. The minimum atomic E-state index is -0.434. The zero-order chi connectivity index (χ0) is 17.8. The van der Waals surface area contributed by atoms with E-state index in [0.717, 1.165) is 18.4 Å². The van der Waals surface area contributed by atoms with E-state index in [1.54, 1.807) is 12.1 Å². The normalized spacial score (nSPS) is 13.7. The summed E-state index contributed by atoms with van der Waals surface area (Å²) in [6.07, 6.45) is 5.63. The van der Waals surface area contributed by atoms with Crippen LogP contribution in [0.5, 0.6) is 0 Å². The molecule has 0 radical (unpaired) electrons. The molecule has 3 rings (SSSR count). The standard InChI is InChI=1S/C19H20ClNO3S/c1-12-7-8-14(20)10-15(12)21-18(22)11-24-19(23)17-9-13-5-3-2-4-6-16(13)25-17/h7-10H,2-6,11H2,1H3,(H,21,22). The first-order valence-corrected chi connectivity index (χ1v) is 9.57. The molecule has 0 saturated heterocycles. The number of ether oxygens (including phenoxy) is 1. The Kier molecular flexibility index (Phi) is 5.76. The molecule has 1 N–H and O–H groups in total. The number of carbonyl (C=O) groups excluding carboxylic acids is 2. The number of hydrogen-bond acceptors (Lipinski definition) is 4.